The number of nitrogens with zero attached hydrogens (tertiary/aromatic N) is 3. The van der Waals surface area contributed by atoms with Gasteiger partial charge >= 0.3 is 0 Å². The molecule has 1 heterocycles. The molecule has 0 aliphatic heterocycles. The van der Waals surface area contributed by atoms with Crippen molar-refractivity contribution in [2.75, 3.05) is 18.4 Å². The number of rotatable bonds is 9. The Morgan fingerprint density at radius 2 is 1.66 bits per heavy atom. The summed E-state index contributed by atoms with van der Waals surface area (Å²) >= 11 is 0. The van der Waals surface area contributed by atoms with Crippen LogP contribution < -0.4 is 10.9 Å². The lowest BCUT2D eigenvalue weighted by Crippen LogP contribution is -2.31. The summed E-state index contributed by atoms with van der Waals surface area (Å²) in [5.74, 6) is -0.555. The fraction of sp³-hybridized carbons (Fsp3) is 0.280. The first-order valence-electron chi connectivity index (χ1n) is 11.2. The lowest BCUT2D eigenvalue weighted by Gasteiger charge is -2.20. The number of Topliss-reactive ketones (excluding diaryl/α,β-unsaturated/α-hetero) is 1. The molecule has 0 atom stereocenters. The fourth-order valence-electron chi connectivity index (χ4n) is 3.58. The van der Waals surface area contributed by atoms with Crippen LogP contribution in [0.4, 0.5) is 5.69 Å². The van der Waals surface area contributed by atoms with E-state index in [0.717, 1.165) is 4.68 Å². The van der Waals surface area contributed by atoms with Gasteiger partial charge in [-0.1, -0.05) is 26.0 Å². The molecule has 0 fully saturated rings. The van der Waals surface area contributed by atoms with Crippen molar-refractivity contribution in [1.29, 1.82) is 0 Å². The van der Waals surface area contributed by atoms with Crippen molar-refractivity contribution < 1.29 is 18.0 Å². The minimum absolute atomic E-state index is 0.0837. The summed E-state index contributed by atoms with van der Waals surface area (Å²) in [4.78, 5) is 36.4. The number of carbonyl (C=O) groups is 2. The molecule has 1 aromatic heterocycles. The number of aryl methyl sites for hydroxylation is 1. The molecule has 0 saturated carbocycles. The topological polar surface area (TPSA) is 118 Å². The largest absolute Gasteiger partial charge is 0.324 e. The van der Waals surface area contributed by atoms with Gasteiger partial charge in [0, 0.05) is 36.0 Å². The quantitative estimate of drug-likeness (QED) is 0.455. The SMILES string of the molecule is CCN(CC)S(=O)(=O)c1cc(-c2ccc(=O)n(CC(=O)Nc3ccc(C(C)=O)cc3)n2)ccc1C. The second kappa shape index (κ2) is 10.7. The van der Waals surface area contributed by atoms with Crippen molar-refractivity contribution in [2.24, 2.45) is 0 Å². The van der Waals surface area contributed by atoms with Crippen LogP contribution in [0.25, 0.3) is 11.3 Å². The Hall–Kier alpha value is -3.63. The van der Waals surface area contributed by atoms with Crippen LogP contribution in [-0.4, -0.2) is 47.3 Å². The van der Waals surface area contributed by atoms with Crippen molar-refractivity contribution in [3.8, 4) is 11.3 Å². The Bertz CT molecular complexity index is 1410. The van der Waals surface area contributed by atoms with Gasteiger partial charge in [0.25, 0.3) is 5.56 Å². The van der Waals surface area contributed by atoms with Crippen LogP contribution in [-0.2, 0) is 21.4 Å². The smallest absolute Gasteiger partial charge is 0.267 e. The zero-order valence-electron chi connectivity index (χ0n) is 20.1. The number of nitrogens with one attached hydrogen (secondary N) is 1. The van der Waals surface area contributed by atoms with Gasteiger partial charge in [0.15, 0.2) is 5.78 Å². The van der Waals surface area contributed by atoms with Crippen molar-refractivity contribution >= 4 is 27.4 Å². The van der Waals surface area contributed by atoms with Crippen molar-refractivity contribution in [3.05, 3.63) is 76.1 Å². The van der Waals surface area contributed by atoms with Crippen LogP contribution >= 0.6 is 0 Å². The number of hydrogen-bond acceptors (Lipinski definition) is 6. The van der Waals surface area contributed by atoms with E-state index in [0.29, 0.717) is 41.2 Å². The molecule has 10 heteroatoms. The van der Waals surface area contributed by atoms with E-state index in [1.165, 1.54) is 29.4 Å². The van der Waals surface area contributed by atoms with E-state index in [9.17, 15) is 22.8 Å². The predicted octanol–water partition coefficient (Wildman–Crippen LogP) is 3.09. The molecule has 1 N–H and O–H groups in total. The normalized spacial score (nSPS) is 11.5. The summed E-state index contributed by atoms with van der Waals surface area (Å²) in [5, 5.41) is 6.96. The van der Waals surface area contributed by atoms with Crippen molar-refractivity contribution in [2.45, 2.75) is 39.1 Å². The summed E-state index contributed by atoms with van der Waals surface area (Å²) < 4.78 is 28.5. The molecule has 0 aliphatic rings. The number of aromatic nitrogens is 2. The molecule has 0 radical (unpaired) electrons. The highest BCUT2D eigenvalue weighted by Gasteiger charge is 2.24. The van der Waals surface area contributed by atoms with Gasteiger partial charge in [0.1, 0.15) is 6.54 Å². The van der Waals surface area contributed by atoms with E-state index >= 15 is 0 Å². The standard InChI is InChI=1S/C25H28N4O5S/c1-5-28(6-2)35(33,34)23-15-20(8-7-17(23)3)22-13-14-25(32)29(27-22)16-24(31)26-21-11-9-19(10-12-21)18(4)30/h7-15H,5-6,16H2,1-4H3,(H,26,31). The minimum Gasteiger partial charge on any atom is -0.324 e. The average Bonchev–Trinajstić information content (AvgIpc) is 2.81. The van der Waals surface area contributed by atoms with E-state index in [-0.39, 0.29) is 17.2 Å². The van der Waals surface area contributed by atoms with Gasteiger partial charge in [-0.15, -0.1) is 0 Å². The molecule has 0 aliphatic carbocycles. The van der Waals surface area contributed by atoms with Crippen LogP contribution in [0.3, 0.4) is 0 Å². The number of ketones is 1. The number of anilines is 1. The molecule has 184 valence electrons. The van der Waals surface area contributed by atoms with E-state index in [2.05, 4.69) is 10.4 Å². The van der Waals surface area contributed by atoms with E-state index in [1.54, 1.807) is 57.2 Å². The Balaban J connectivity index is 1.87. The van der Waals surface area contributed by atoms with Gasteiger partial charge in [-0.25, -0.2) is 13.1 Å². The van der Waals surface area contributed by atoms with Gasteiger partial charge in [0.05, 0.1) is 10.6 Å². The molecule has 3 aromatic rings. The Morgan fingerprint density at radius 3 is 2.26 bits per heavy atom. The molecule has 0 saturated heterocycles. The van der Waals surface area contributed by atoms with Crippen molar-refractivity contribution in [1.82, 2.24) is 14.1 Å². The second-order valence-corrected chi connectivity index (χ2v) is 9.87. The third-order valence-corrected chi connectivity index (χ3v) is 7.73. The maximum Gasteiger partial charge on any atom is 0.267 e. The lowest BCUT2D eigenvalue weighted by molar-refractivity contribution is -0.117. The molecule has 9 nitrogen and oxygen atoms in total. The maximum absolute atomic E-state index is 13.1. The maximum atomic E-state index is 13.1. The molecular formula is C25H28N4O5S. The molecule has 0 unspecified atom stereocenters. The fourth-order valence-corrected chi connectivity index (χ4v) is 5.29. The van der Waals surface area contributed by atoms with E-state index in [4.69, 9.17) is 0 Å². The highest BCUT2D eigenvalue weighted by molar-refractivity contribution is 7.89. The molecular weight excluding hydrogens is 468 g/mol. The highest BCUT2D eigenvalue weighted by atomic mass is 32.2. The number of amides is 1. The molecule has 0 spiro atoms. The number of carbonyl (C=O) groups excluding carboxylic acids is 2. The van der Waals surface area contributed by atoms with Gasteiger partial charge in [-0.05, 0) is 55.8 Å². The van der Waals surface area contributed by atoms with Gasteiger partial charge in [-0.2, -0.15) is 9.40 Å². The van der Waals surface area contributed by atoms with Crippen LogP contribution in [0.2, 0.25) is 0 Å². The molecule has 1 amide bonds. The molecule has 0 bridgehead atoms. The first-order chi connectivity index (χ1) is 16.6. The zero-order chi connectivity index (χ0) is 25.8. The van der Waals surface area contributed by atoms with Gasteiger partial charge < -0.3 is 5.32 Å². The van der Waals surface area contributed by atoms with Crippen LogP contribution in [0.15, 0.2) is 64.3 Å². The molecule has 3 rings (SSSR count). The highest BCUT2D eigenvalue weighted by Crippen LogP contribution is 2.26. The predicted molar refractivity (Wildman–Crippen MR) is 134 cm³/mol. The van der Waals surface area contributed by atoms with E-state index < -0.39 is 21.5 Å². The summed E-state index contributed by atoms with van der Waals surface area (Å²) in [6.45, 7) is 7.09. The Morgan fingerprint density at radius 1 is 1.00 bits per heavy atom. The second-order valence-electron chi connectivity index (χ2n) is 7.97. The van der Waals surface area contributed by atoms with Crippen LogP contribution in [0, 0.1) is 6.92 Å². The van der Waals surface area contributed by atoms with Crippen LogP contribution in [0.5, 0.6) is 0 Å². The number of hydrogen-bond donors (Lipinski definition) is 1. The average molecular weight is 497 g/mol. The first kappa shape index (κ1) is 26.0. The lowest BCUT2D eigenvalue weighted by atomic mass is 10.1. The summed E-state index contributed by atoms with van der Waals surface area (Å²) in [5.41, 5.74) is 2.00. The van der Waals surface area contributed by atoms with E-state index in [1.807, 2.05) is 0 Å². The summed E-state index contributed by atoms with van der Waals surface area (Å²) in [7, 11) is -3.69. The summed E-state index contributed by atoms with van der Waals surface area (Å²) in [6, 6.07) is 14.2. The monoisotopic (exact) mass is 496 g/mol. The zero-order valence-corrected chi connectivity index (χ0v) is 20.9. The number of benzene rings is 2. The third kappa shape index (κ3) is 5.90. The third-order valence-electron chi connectivity index (χ3n) is 5.54. The Kier molecular flexibility index (Phi) is 7.98. The van der Waals surface area contributed by atoms with Crippen LogP contribution in [0.1, 0.15) is 36.7 Å². The minimum atomic E-state index is -3.69. The van der Waals surface area contributed by atoms with Gasteiger partial charge in [0.2, 0.25) is 15.9 Å². The van der Waals surface area contributed by atoms with Crippen molar-refractivity contribution in [3.63, 3.8) is 0 Å². The molecule has 35 heavy (non-hydrogen) atoms. The Labute approximate surface area is 204 Å². The molecule has 2 aromatic carbocycles. The first-order valence-corrected chi connectivity index (χ1v) is 12.6. The number of sulfonamides is 1. The summed E-state index contributed by atoms with van der Waals surface area (Å²) in [6.07, 6.45) is 0. The van der Waals surface area contributed by atoms with Gasteiger partial charge in [-0.3, -0.25) is 14.4 Å².